The van der Waals surface area contributed by atoms with Crippen LogP contribution in [0.4, 0.5) is 4.39 Å². The minimum atomic E-state index is -0.255. The average molecular weight is 255 g/mol. The lowest BCUT2D eigenvalue weighted by Gasteiger charge is -2.10. The van der Waals surface area contributed by atoms with Gasteiger partial charge in [0.1, 0.15) is 11.6 Å². The van der Waals surface area contributed by atoms with E-state index in [1.165, 1.54) is 6.07 Å². The quantitative estimate of drug-likeness (QED) is 0.834. The summed E-state index contributed by atoms with van der Waals surface area (Å²) in [6.45, 7) is 1.85. The summed E-state index contributed by atoms with van der Waals surface area (Å²) in [5.74, 6) is 0.356. The van der Waals surface area contributed by atoms with Gasteiger partial charge in [-0.25, -0.2) is 4.39 Å². The van der Waals surface area contributed by atoms with E-state index in [4.69, 9.17) is 10.00 Å². The second-order valence-electron chi connectivity index (χ2n) is 4.34. The second-order valence-corrected chi connectivity index (χ2v) is 4.34. The summed E-state index contributed by atoms with van der Waals surface area (Å²) in [6.07, 6.45) is 0.278. The number of hydrogen-bond acceptors (Lipinski definition) is 2. The molecule has 96 valence electrons. The van der Waals surface area contributed by atoms with Crippen LogP contribution in [0.1, 0.15) is 11.1 Å². The normalized spacial score (nSPS) is 10.0. The Morgan fingerprint density at radius 3 is 2.63 bits per heavy atom. The topological polar surface area (TPSA) is 33.0 Å². The molecule has 0 saturated carbocycles. The van der Waals surface area contributed by atoms with Gasteiger partial charge in [-0.1, -0.05) is 24.3 Å². The first-order chi connectivity index (χ1) is 9.15. The van der Waals surface area contributed by atoms with Crippen LogP contribution in [-0.4, -0.2) is 7.11 Å². The molecule has 0 aliphatic rings. The number of rotatable bonds is 3. The average Bonchev–Trinajstić information content (AvgIpc) is 2.40. The van der Waals surface area contributed by atoms with Gasteiger partial charge in [-0.3, -0.25) is 0 Å². The molecule has 0 N–H and O–H groups in total. The fourth-order valence-corrected chi connectivity index (χ4v) is 2.00. The second kappa shape index (κ2) is 5.53. The molecule has 0 unspecified atom stereocenters. The predicted molar refractivity (Wildman–Crippen MR) is 72.4 cm³/mol. The zero-order chi connectivity index (χ0) is 13.8. The van der Waals surface area contributed by atoms with Crippen molar-refractivity contribution in [3.63, 3.8) is 0 Å². The molecule has 0 aliphatic heterocycles. The van der Waals surface area contributed by atoms with Crippen LogP contribution < -0.4 is 4.74 Å². The Morgan fingerprint density at radius 2 is 2.00 bits per heavy atom. The monoisotopic (exact) mass is 255 g/mol. The highest BCUT2D eigenvalue weighted by Crippen LogP contribution is 2.29. The van der Waals surface area contributed by atoms with Gasteiger partial charge in [0.2, 0.25) is 0 Å². The number of hydrogen-bond donors (Lipinski definition) is 0. The van der Waals surface area contributed by atoms with Crippen LogP contribution in [0.15, 0.2) is 36.4 Å². The van der Waals surface area contributed by atoms with E-state index in [0.29, 0.717) is 11.3 Å². The van der Waals surface area contributed by atoms with Gasteiger partial charge in [-0.2, -0.15) is 5.26 Å². The zero-order valence-corrected chi connectivity index (χ0v) is 10.9. The van der Waals surface area contributed by atoms with E-state index in [9.17, 15) is 4.39 Å². The molecule has 2 aromatic carbocycles. The maximum Gasteiger partial charge on any atom is 0.131 e. The first-order valence-corrected chi connectivity index (χ1v) is 5.96. The minimum absolute atomic E-state index is 0.255. The zero-order valence-electron chi connectivity index (χ0n) is 10.9. The van der Waals surface area contributed by atoms with Crippen LogP contribution >= 0.6 is 0 Å². The largest absolute Gasteiger partial charge is 0.496 e. The van der Waals surface area contributed by atoms with E-state index in [1.807, 2.05) is 19.1 Å². The van der Waals surface area contributed by atoms with Crippen LogP contribution in [0.25, 0.3) is 11.1 Å². The summed E-state index contributed by atoms with van der Waals surface area (Å²) in [5, 5.41) is 8.74. The summed E-state index contributed by atoms with van der Waals surface area (Å²) in [4.78, 5) is 0. The third kappa shape index (κ3) is 2.74. The number of methoxy groups -OCH3 is 1. The molecule has 2 rings (SSSR count). The number of halogens is 1. The third-order valence-electron chi connectivity index (χ3n) is 2.99. The van der Waals surface area contributed by atoms with Crippen molar-refractivity contribution < 1.29 is 9.13 Å². The van der Waals surface area contributed by atoms with Crippen molar-refractivity contribution in [2.75, 3.05) is 7.11 Å². The summed E-state index contributed by atoms with van der Waals surface area (Å²) in [6, 6.07) is 12.6. The summed E-state index contributed by atoms with van der Waals surface area (Å²) < 4.78 is 19.2. The van der Waals surface area contributed by atoms with Crippen molar-refractivity contribution in [2.45, 2.75) is 13.3 Å². The van der Waals surface area contributed by atoms with E-state index in [1.54, 1.807) is 25.3 Å². The standard InChI is InChI=1S/C16H14FNO/c1-11-3-6-14(15(17)9-11)13-5-4-12(7-8-18)16(10-13)19-2/h3-6,9-10H,7H2,1-2H3. The molecule has 0 spiro atoms. The summed E-state index contributed by atoms with van der Waals surface area (Å²) in [7, 11) is 1.55. The van der Waals surface area contributed by atoms with Crippen LogP contribution in [0.3, 0.4) is 0 Å². The number of nitriles is 1. The highest BCUT2D eigenvalue weighted by atomic mass is 19.1. The Balaban J connectivity index is 2.49. The maximum atomic E-state index is 13.9. The number of benzene rings is 2. The lowest BCUT2D eigenvalue weighted by atomic mass is 10.0. The highest BCUT2D eigenvalue weighted by molar-refractivity contribution is 5.67. The molecule has 2 nitrogen and oxygen atoms in total. The lowest BCUT2D eigenvalue weighted by molar-refractivity contribution is 0.411. The fraction of sp³-hybridized carbons (Fsp3) is 0.188. The minimum Gasteiger partial charge on any atom is -0.496 e. The van der Waals surface area contributed by atoms with Crippen molar-refractivity contribution in [1.82, 2.24) is 0 Å². The fourth-order valence-electron chi connectivity index (χ4n) is 2.00. The molecule has 0 fully saturated rings. The van der Waals surface area contributed by atoms with Crippen molar-refractivity contribution in [3.8, 4) is 22.9 Å². The van der Waals surface area contributed by atoms with Gasteiger partial charge in [0.05, 0.1) is 19.6 Å². The Morgan fingerprint density at radius 1 is 1.21 bits per heavy atom. The van der Waals surface area contributed by atoms with Gasteiger partial charge >= 0.3 is 0 Å². The Kier molecular flexibility index (Phi) is 3.82. The highest BCUT2D eigenvalue weighted by Gasteiger charge is 2.09. The molecule has 0 aromatic heterocycles. The van der Waals surface area contributed by atoms with E-state index < -0.39 is 0 Å². The summed E-state index contributed by atoms with van der Waals surface area (Å²) >= 11 is 0. The molecule has 0 bridgehead atoms. The van der Waals surface area contributed by atoms with Gasteiger partial charge in [0, 0.05) is 11.1 Å². The molecule has 19 heavy (non-hydrogen) atoms. The molecule has 0 radical (unpaired) electrons. The third-order valence-corrected chi connectivity index (χ3v) is 2.99. The molecule has 3 heteroatoms. The molecular formula is C16H14FNO. The first kappa shape index (κ1) is 13.1. The van der Waals surface area contributed by atoms with Gasteiger partial charge in [-0.05, 0) is 30.2 Å². The molecule has 2 aromatic rings. The van der Waals surface area contributed by atoms with E-state index >= 15 is 0 Å². The number of nitrogens with zero attached hydrogens (tertiary/aromatic N) is 1. The Labute approximate surface area is 112 Å². The van der Waals surface area contributed by atoms with Gasteiger partial charge < -0.3 is 4.74 Å². The van der Waals surface area contributed by atoms with Crippen molar-refractivity contribution >= 4 is 0 Å². The van der Waals surface area contributed by atoms with Crippen LogP contribution in [0.5, 0.6) is 5.75 Å². The SMILES string of the molecule is COc1cc(-c2ccc(C)cc2F)ccc1CC#N. The predicted octanol–water partition coefficient (Wildman–Crippen LogP) is 3.88. The van der Waals surface area contributed by atoms with Gasteiger partial charge in [0.15, 0.2) is 0 Å². The van der Waals surface area contributed by atoms with Gasteiger partial charge in [-0.15, -0.1) is 0 Å². The summed E-state index contributed by atoms with van der Waals surface area (Å²) in [5.41, 5.74) is 2.97. The van der Waals surface area contributed by atoms with Crippen molar-refractivity contribution in [2.24, 2.45) is 0 Å². The first-order valence-electron chi connectivity index (χ1n) is 5.96. The molecule has 0 aliphatic carbocycles. The molecule has 0 atom stereocenters. The Bertz CT molecular complexity index is 644. The maximum absolute atomic E-state index is 13.9. The molecule has 0 amide bonds. The van der Waals surface area contributed by atoms with Crippen LogP contribution in [0, 0.1) is 24.1 Å². The van der Waals surface area contributed by atoms with E-state index in [-0.39, 0.29) is 12.2 Å². The number of ether oxygens (including phenoxy) is 1. The van der Waals surface area contributed by atoms with Crippen molar-refractivity contribution in [3.05, 3.63) is 53.3 Å². The number of aryl methyl sites for hydroxylation is 1. The van der Waals surface area contributed by atoms with E-state index in [0.717, 1.165) is 16.7 Å². The lowest BCUT2D eigenvalue weighted by Crippen LogP contribution is -1.93. The van der Waals surface area contributed by atoms with Gasteiger partial charge in [0.25, 0.3) is 0 Å². The molecule has 0 saturated heterocycles. The van der Waals surface area contributed by atoms with Crippen LogP contribution in [-0.2, 0) is 6.42 Å². The smallest absolute Gasteiger partial charge is 0.131 e. The molecule has 0 heterocycles. The van der Waals surface area contributed by atoms with E-state index in [2.05, 4.69) is 6.07 Å². The Hall–Kier alpha value is -2.34. The van der Waals surface area contributed by atoms with Crippen molar-refractivity contribution in [1.29, 1.82) is 5.26 Å². The molecular weight excluding hydrogens is 241 g/mol. The van der Waals surface area contributed by atoms with Crippen LogP contribution in [0.2, 0.25) is 0 Å².